The van der Waals surface area contributed by atoms with Crippen LogP contribution in [-0.2, 0) is 13.0 Å². The molecule has 0 aliphatic carbocycles. The van der Waals surface area contributed by atoms with Gasteiger partial charge in [0, 0.05) is 31.5 Å². The number of aromatic nitrogens is 1. The molecule has 0 bridgehead atoms. The summed E-state index contributed by atoms with van der Waals surface area (Å²) in [6, 6.07) is 11.7. The summed E-state index contributed by atoms with van der Waals surface area (Å²) in [5.41, 5.74) is 3.14. The molecule has 20 heavy (non-hydrogen) atoms. The zero-order valence-corrected chi connectivity index (χ0v) is 11.6. The van der Waals surface area contributed by atoms with E-state index in [2.05, 4.69) is 15.6 Å². The lowest BCUT2D eigenvalue weighted by Gasteiger charge is -2.06. The second kappa shape index (κ2) is 7.40. The maximum atomic E-state index is 11.4. The van der Waals surface area contributed by atoms with Crippen LogP contribution in [0.15, 0.2) is 48.8 Å². The highest BCUT2D eigenvalue weighted by molar-refractivity contribution is 5.93. The molecule has 0 saturated carbocycles. The molecule has 0 radical (unpaired) electrons. The van der Waals surface area contributed by atoms with Gasteiger partial charge in [0.25, 0.3) is 5.91 Å². The highest BCUT2D eigenvalue weighted by Gasteiger charge is 2.01. The fourth-order valence-electron chi connectivity index (χ4n) is 1.93. The number of carbonyl (C=O) groups is 1. The molecule has 0 aliphatic heterocycles. The van der Waals surface area contributed by atoms with Crippen LogP contribution in [0, 0.1) is 0 Å². The van der Waals surface area contributed by atoms with Crippen molar-refractivity contribution in [1.82, 2.24) is 15.6 Å². The Bertz CT molecular complexity index is 537. The Morgan fingerprint density at radius 1 is 1.05 bits per heavy atom. The molecule has 2 rings (SSSR count). The smallest absolute Gasteiger partial charge is 0.251 e. The quantitative estimate of drug-likeness (QED) is 0.786. The first kappa shape index (κ1) is 14.2. The number of nitrogens with one attached hydrogen (secondary N) is 2. The van der Waals surface area contributed by atoms with E-state index >= 15 is 0 Å². The molecule has 2 aromatic rings. The van der Waals surface area contributed by atoms with E-state index in [9.17, 15) is 4.79 Å². The van der Waals surface area contributed by atoms with Gasteiger partial charge in [0.05, 0.1) is 0 Å². The summed E-state index contributed by atoms with van der Waals surface area (Å²) in [5, 5.41) is 6.00. The van der Waals surface area contributed by atoms with Crippen molar-refractivity contribution in [2.24, 2.45) is 0 Å². The lowest BCUT2D eigenvalue weighted by atomic mass is 10.1. The van der Waals surface area contributed by atoms with Crippen LogP contribution in [0.5, 0.6) is 0 Å². The third-order valence-corrected chi connectivity index (χ3v) is 3.11. The minimum absolute atomic E-state index is 0.0535. The van der Waals surface area contributed by atoms with Gasteiger partial charge in [-0.15, -0.1) is 0 Å². The van der Waals surface area contributed by atoms with Crippen molar-refractivity contribution >= 4 is 5.91 Å². The maximum Gasteiger partial charge on any atom is 0.251 e. The second-order valence-corrected chi connectivity index (χ2v) is 4.56. The number of hydrogen-bond donors (Lipinski definition) is 2. The fourth-order valence-corrected chi connectivity index (χ4v) is 1.93. The standard InChI is InChI=1S/C16H19N3O/c1-17-16(20)15-4-2-14(3-5-15)12-19-11-8-13-6-9-18-10-7-13/h2-7,9-10,19H,8,11-12H2,1H3,(H,17,20). The first-order valence-corrected chi connectivity index (χ1v) is 6.70. The average molecular weight is 269 g/mol. The van der Waals surface area contributed by atoms with Gasteiger partial charge in [-0.2, -0.15) is 0 Å². The molecule has 1 aromatic carbocycles. The molecule has 0 fully saturated rings. The zero-order chi connectivity index (χ0) is 14.2. The topological polar surface area (TPSA) is 54.0 Å². The highest BCUT2D eigenvalue weighted by atomic mass is 16.1. The summed E-state index contributed by atoms with van der Waals surface area (Å²) in [5.74, 6) is -0.0535. The van der Waals surface area contributed by atoms with Gasteiger partial charge in [-0.3, -0.25) is 9.78 Å². The van der Waals surface area contributed by atoms with Crippen LogP contribution in [0.3, 0.4) is 0 Å². The number of rotatable bonds is 6. The van der Waals surface area contributed by atoms with Crippen molar-refractivity contribution in [3.63, 3.8) is 0 Å². The molecule has 104 valence electrons. The van der Waals surface area contributed by atoms with Crippen LogP contribution < -0.4 is 10.6 Å². The van der Waals surface area contributed by atoms with Crippen molar-refractivity contribution in [1.29, 1.82) is 0 Å². The Hall–Kier alpha value is -2.20. The molecule has 1 heterocycles. The summed E-state index contributed by atoms with van der Waals surface area (Å²) in [6.07, 6.45) is 4.61. The van der Waals surface area contributed by atoms with Gasteiger partial charge in [0.2, 0.25) is 0 Å². The number of amides is 1. The predicted molar refractivity (Wildman–Crippen MR) is 79.5 cm³/mol. The van der Waals surface area contributed by atoms with Crippen molar-refractivity contribution in [3.05, 3.63) is 65.5 Å². The van der Waals surface area contributed by atoms with E-state index in [1.54, 1.807) is 7.05 Å². The summed E-state index contributed by atoms with van der Waals surface area (Å²) in [7, 11) is 1.64. The Kier molecular flexibility index (Phi) is 5.26. The number of hydrogen-bond acceptors (Lipinski definition) is 3. The van der Waals surface area contributed by atoms with E-state index in [4.69, 9.17) is 0 Å². The molecule has 1 amide bonds. The normalized spacial score (nSPS) is 10.2. The molecular formula is C16H19N3O. The molecule has 0 saturated heterocycles. The minimum atomic E-state index is -0.0535. The Labute approximate surface area is 119 Å². The molecule has 0 atom stereocenters. The van der Waals surface area contributed by atoms with Crippen molar-refractivity contribution in [2.75, 3.05) is 13.6 Å². The molecular weight excluding hydrogens is 250 g/mol. The Morgan fingerprint density at radius 3 is 2.40 bits per heavy atom. The third-order valence-electron chi connectivity index (χ3n) is 3.11. The average Bonchev–Trinajstić information content (AvgIpc) is 2.52. The van der Waals surface area contributed by atoms with Crippen LogP contribution in [0.1, 0.15) is 21.5 Å². The Morgan fingerprint density at radius 2 is 1.75 bits per heavy atom. The second-order valence-electron chi connectivity index (χ2n) is 4.56. The number of pyridine rings is 1. The van der Waals surface area contributed by atoms with Crippen LogP contribution in [0.4, 0.5) is 0 Å². The van der Waals surface area contributed by atoms with Gasteiger partial charge in [-0.1, -0.05) is 12.1 Å². The lowest BCUT2D eigenvalue weighted by Crippen LogP contribution is -2.18. The van der Waals surface area contributed by atoms with Crippen molar-refractivity contribution in [3.8, 4) is 0 Å². The summed E-state index contributed by atoms with van der Waals surface area (Å²) < 4.78 is 0. The number of carbonyl (C=O) groups excluding carboxylic acids is 1. The van der Waals surface area contributed by atoms with E-state index in [1.165, 1.54) is 11.1 Å². The van der Waals surface area contributed by atoms with Gasteiger partial charge in [0.1, 0.15) is 0 Å². The Balaban J connectivity index is 1.75. The fraction of sp³-hybridized carbons (Fsp3) is 0.250. The third kappa shape index (κ3) is 4.17. The molecule has 1 aromatic heterocycles. The van der Waals surface area contributed by atoms with Gasteiger partial charge < -0.3 is 10.6 Å². The van der Waals surface area contributed by atoms with Gasteiger partial charge >= 0.3 is 0 Å². The number of benzene rings is 1. The molecule has 4 heteroatoms. The number of nitrogens with zero attached hydrogens (tertiary/aromatic N) is 1. The first-order valence-electron chi connectivity index (χ1n) is 6.70. The first-order chi connectivity index (χ1) is 9.79. The molecule has 0 unspecified atom stereocenters. The molecule has 0 aliphatic rings. The molecule has 2 N–H and O–H groups in total. The van der Waals surface area contributed by atoms with Gasteiger partial charge in [0.15, 0.2) is 0 Å². The largest absolute Gasteiger partial charge is 0.355 e. The van der Waals surface area contributed by atoms with E-state index in [-0.39, 0.29) is 5.91 Å². The zero-order valence-electron chi connectivity index (χ0n) is 11.6. The molecule has 4 nitrogen and oxygen atoms in total. The van der Waals surface area contributed by atoms with E-state index in [0.717, 1.165) is 19.5 Å². The SMILES string of the molecule is CNC(=O)c1ccc(CNCCc2ccncc2)cc1. The van der Waals surface area contributed by atoms with Gasteiger partial charge in [-0.05, 0) is 48.4 Å². The molecule has 0 spiro atoms. The van der Waals surface area contributed by atoms with E-state index in [1.807, 2.05) is 48.8 Å². The highest BCUT2D eigenvalue weighted by Crippen LogP contribution is 2.04. The van der Waals surface area contributed by atoms with E-state index in [0.29, 0.717) is 5.56 Å². The summed E-state index contributed by atoms with van der Waals surface area (Å²) >= 11 is 0. The summed E-state index contributed by atoms with van der Waals surface area (Å²) in [6.45, 7) is 1.72. The van der Waals surface area contributed by atoms with Crippen molar-refractivity contribution in [2.45, 2.75) is 13.0 Å². The van der Waals surface area contributed by atoms with E-state index < -0.39 is 0 Å². The monoisotopic (exact) mass is 269 g/mol. The predicted octanol–water partition coefficient (Wildman–Crippen LogP) is 1.77. The van der Waals surface area contributed by atoms with Crippen LogP contribution >= 0.6 is 0 Å². The van der Waals surface area contributed by atoms with Crippen LogP contribution in [-0.4, -0.2) is 24.5 Å². The summed E-state index contributed by atoms with van der Waals surface area (Å²) in [4.78, 5) is 15.4. The van der Waals surface area contributed by atoms with Crippen LogP contribution in [0.25, 0.3) is 0 Å². The van der Waals surface area contributed by atoms with Gasteiger partial charge in [-0.25, -0.2) is 0 Å². The minimum Gasteiger partial charge on any atom is -0.355 e. The lowest BCUT2D eigenvalue weighted by molar-refractivity contribution is 0.0963. The van der Waals surface area contributed by atoms with Crippen molar-refractivity contribution < 1.29 is 4.79 Å². The maximum absolute atomic E-state index is 11.4. The van der Waals surface area contributed by atoms with Crippen LogP contribution in [0.2, 0.25) is 0 Å².